The Labute approximate surface area is 169 Å². The number of aromatic nitrogens is 2. The highest BCUT2D eigenvalue weighted by Gasteiger charge is 2.23. The van der Waals surface area contributed by atoms with E-state index in [-0.39, 0.29) is 11.7 Å². The Balaban J connectivity index is 1.59. The standard InChI is InChI=1S/C23H24FN3O2/c1-16-21(13-14-22(28)25-15-17-7-8-17)23(29-20-11-9-18(24)10-12-20)27(26-16)19-5-3-2-4-6-19/h2-6,9-12,17H,7-8,13-15H2,1H3,(H,25,28). The van der Waals surface area contributed by atoms with Gasteiger partial charge < -0.3 is 10.1 Å². The lowest BCUT2D eigenvalue weighted by atomic mass is 10.1. The van der Waals surface area contributed by atoms with Crippen molar-refractivity contribution >= 4 is 5.91 Å². The number of benzene rings is 2. The first-order chi connectivity index (χ1) is 14.1. The molecule has 29 heavy (non-hydrogen) atoms. The Hall–Kier alpha value is -3.15. The van der Waals surface area contributed by atoms with E-state index in [4.69, 9.17) is 4.74 Å². The molecule has 1 saturated carbocycles. The summed E-state index contributed by atoms with van der Waals surface area (Å²) in [5, 5.41) is 7.64. The van der Waals surface area contributed by atoms with Gasteiger partial charge in [0.2, 0.25) is 11.8 Å². The minimum Gasteiger partial charge on any atom is -0.439 e. The van der Waals surface area contributed by atoms with E-state index in [1.807, 2.05) is 37.3 Å². The van der Waals surface area contributed by atoms with Gasteiger partial charge in [0.25, 0.3) is 0 Å². The molecule has 0 saturated heterocycles. The highest BCUT2D eigenvalue weighted by molar-refractivity contribution is 5.76. The van der Waals surface area contributed by atoms with Crippen LogP contribution in [0.5, 0.6) is 11.6 Å². The first-order valence-corrected chi connectivity index (χ1v) is 9.94. The van der Waals surface area contributed by atoms with Gasteiger partial charge >= 0.3 is 0 Å². The molecule has 0 atom stereocenters. The van der Waals surface area contributed by atoms with Crippen LogP contribution in [-0.4, -0.2) is 22.2 Å². The van der Waals surface area contributed by atoms with Crippen LogP contribution < -0.4 is 10.1 Å². The van der Waals surface area contributed by atoms with E-state index in [9.17, 15) is 9.18 Å². The molecule has 1 fully saturated rings. The maximum atomic E-state index is 13.3. The van der Waals surface area contributed by atoms with Gasteiger partial charge in [0.05, 0.1) is 11.4 Å². The van der Waals surface area contributed by atoms with Crippen molar-refractivity contribution in [2.45, 2.75) is 32.6 Å². The number of carbonyl (C=O) groups excluding carboxylic acids is 1. The highest BCUT2D eigenvalue weighted by Crippen LogP contribution is 2.32. The van der Waals surface area contributed by atoms with Crippen molar-refractivity contribution < 1.29 is 13.9 Å². The Morgan fingerprint density at radius 3 is 2.59 bits per heavy atom. The molecule has 0 spiro atoms. The second-order valence-corrected chi connectivity index (χ2v) is 7.42. The molecule has 1 heterocycles. The molecule has 1 aliphatic rings. The second kappa shape index (κ2) is 8.47. The molecular weight excluding hydrogens is 369 g/mol. The predicted octanol–water partition coefficient (Wildman–Crippen LogP) is 4.57. The number of nitrogens with zero attached hydrogens (tertiary/aromatic N) is 2. The number of ether oxygens (including phenoxy) is 1. The van der Waals surface area contributed by atoms with Gasteiger partial charge in [-0.05, 0) is 68.5 Å². The maximum Gasteiger partial charge on any atom is 0.226 e. The van der Waals surface area contributed by atoms with E-state index in [1.165, 1.54) is 25.0 Å². The van der Waals surface area contributed by atoms with Crippen LogP contribution in [0.1, 0.15) is 30.5 Å². The van der Waals surface area contributed by atoms with Crippen LogP contribution in [-0.2, 0) is 11.2 Å². The number of amides is 1. The lowest BCUT2D eigenvalue weighted by Crippen LogP contribution is -2.25. The van der Waals surface area contributed by atoms with Crippen molar-refractivity contribution in [2.24, 2.45) is 5.92 Å². The summed E-state index contributed by atoms with van der Waals surface area (Å²) in [6.45, 7) is 2.68. The summed E-state index contributed by atoms with van der Waals surface area (Å²) in [5.41, 5.74) is 2.54. The van der Waals surface area contributed by atoms with E-state index < -0.39 is 0 Å². The zero-order valence-corrected chi connectivity index (χ0v) is 16.4. The van der Waals surface area contributed by atoms with Crippen molar-refractivity contribution in [3.05, 3.63) is 71.7 Å². The fraction of sp³-hybridized carbons (Fsp3) is 0.304. The molecule has 1 N–H and O–H groups in total. The zero-order valence-electron chi connectivity index (χ0n) is 16.4. The molecule has 150 valence electrons. The molecule has 3 aromatic rings. The van der Waals surface area contributed by atoms with Crippen molar-refractivity contribution in [3.8, 4) is 17.3 Å². The topological polar surface area (TPSA) is 56.2 Å². The summed E-state index contributed by atoms with van der Waals surface area (Å²) in [6.07, 6.45) is 3.30. The molecule has 5 nitrogen and oxygen atoms in total. The Kier molecular flexibility index (Phi) is 5.60. The second-order valence-electron chi connectivity index (χ2n) is 7.42. The van der Waals surface area contributed by atoms with Gasteiger partial charge in [-0.1, -0.05) is 18.2 Å². The lowest BCUT2D eigenvalue weighted by Gasteiger charge is -2.11. The molecule has 1 aromatic heterocycles. The zero-order chi connectivity index (χ0) is 20.2. The highest BCUT2D eigenvalue weighted by atomic mass is 19.1. The van der Waals surface area contributed by atoms with Crippen LogP contribution in [0.25, 0.3) is 5.69 Å². The van der Waals surface area contributed by atoms with Gasteiger partial charge in [0.15, 0.2) is 0 Å². The van der Waals surface area contributed by atoms with Crippen molar-refractivity contribution in [1.29, 1.82) is 0 Å². The van der Waals surface area contributed by atoms with Gasteiger partial charge in [-0.2, -0.15) is 5.10 Å². The fourth-order valence-electron chi connectivity index (χ4n) is 3.20. The first kappa shape index (κ1) is 19.2. The number of nitrogens with one attached hydrogen (secondary N) is 1. The van der Waals surface area contributed by atoms with Crippen LogP contribution in [0.2, 0.25) is 0 Å². The van der Waals surface area contributed by atoms with Crippen LogP contribution >= 0.6 is 0 Å². The molecule has 1 aliphatic carbocycles. The Morgan fingerprint density at radius 1 is 1.17 bits per heavy atom. The minimum absolute atomic E-state index is 0.0384. The molecule has 6 heteroatoms. The van der Waals surface area contributed by atoms with Gasteiger partial charge in [0.1, 0.15) is 11.6 Å². The summed E-state index contributed by atoms with van der Waals surface area (Å²) in [6, 6.07) is 15.6. The summed E-state index contributed by atoms with van der Waals surface area (Å²) in [4.78, 5) is 12.2. The fourth-order valence-corrected chi connectivity index (χ4v) is 3.20. The summed E-state index contributed by atoms with van der Waals surface area (Å²) >= 11 is 0. The predicted molar refractivity (Wildman–Crippen MR) is 109 cm³/mol. The molecule has 2 aromatic carbocycles. The third-order valence-corrected chi connectivity index (χ3v) is 5.05. The number of aryl methyl sites for hydroxylation is 1. The number of hydrogen-bond donors (Lipinski definition) is 1. The average Bonchev–Trinajstić information content (AvgIpc) is 3.51. The van der Waals surface area contributed by atoms with E-state index in [0.29, 0.717) is 30.4 Å². The summed E-state index contributed by atoms with van der Waals surface area (Å²) in [5.74, 6) is 1.44. The lowest BCUT2D eigenvalue weighted by molar-refractivity contribution is -0.121. The Bertz CT molecular complexity index is 979. The smallest absolute Gasteiger partial charge is 0.226 e. The molecular formula is C23H24FN3O2. The molecule has 0 radical (unpaired) electrons. The van der Waals surface area contributed by atoms with E-state index in [0.717, 1.165) is 23.5 Å². The summed E-state index contributed by atoms with van der Waals surface area (Å²) in [7, 11) is 0. The molecule has 0 bridgehead atoms. The van der Waals surface area contributed by atoms with Crippen LogP contribution in [0.15, 0.2) is 54.6 Å². The number of halogens is 1. The quantitative estimate of drug-likeness (QED) is 0.610. The summed E-state index contributed by atoms with van der Waals surface area (Å²) < 4.78 is 21.1. The first-order valence-electron chi connectivity index (χ1n) is 9.94. The monoisotopic (exact) mass is 393 g/mol. The van der Waals surface area contributed by atoms with E-state index in [1.54, 1.807) is 16.8 Å². The van der Waals surface area contributed by atoms with Crippen LogP contribution in [0.3, 0.4) is 0 Å². The third-order valence-electron chi connectivity index (χ3n) is 5.05. The third kappa shape index (κ3) is 4.83. The Morgan fingerprint density at radius 2 is 1.90 bits per heavy atom. The van der Waals surface area contributed by atoms with Gasteiger partial charge in [-0.15, -0.1) is 0 Å². The molecule has 1 amide bonds. The van der Waals surface area contributed by atoms with Crippen LogP contribution in [0, 0.1) is 18.7 Å². The van der Waals surface area contributed by atoms with Crippen molar-refractivity contribution in [1.82, 2.24) is 15.1 Å². The minimum atomic E-state index is -0.322. The molecule has 0 aliphatic heterocycles. The maximum absolute atomic E-state index is 13.3. The van der Waals surface area contributed by atoms with Gasteiger partial charge in [-0.25, -0.2) is 9.07 Å². The number of carbonyl (C=O) groups is 1. The SMILES string of the molecule is Cc1nn(-c2ccccc2)c(Oc2ccc(F)cc2)c1CCC(=O)NCC1CC1. The van der Waals surface area contributed by atoms with Crippen LogP contribution in [0.4, 0.5) is 4.39 Å². The van der Waals surface area contributed by atoms with Crippen molar-refractivity contribution in [2.75, 3.05) is 6.54 Å². The van der Waals surface area contributed by atoms with Crippen molar-refractivity contribution in [3.63, 3.8) is 0 Å². The number of hydrogen-bond acceptors (Lipinski definition) is 3. The van der Waals surface area contributed by atoms with Gasteiger partial charge in [-0.3, -0.25) is 4.79 Å². The normalized spacial score (nSPS) is 13.3. The molecule has 4 rings (SSSR count). The van der Waals surface area contributed by atoms with E-state index >= 15 is 0 Å². The molecule has 0 unspecified atom stereocenters. The largest absolute Gasteiger partial charge is 0.439 e. The average molecular weight is 393 g/mol. The van der Waals surface area contributed by atoms with Gasteiger partial charge in [0, 0.05) is 18.5 Å². The van der Waals surface area contributed by atoms with E-state index in [2.05, 4.69) is 10.4 Å². The number of para-hydroxylation sites is 1. The number of rotatable bonds is 8.